The van der Waals surface area contributed by atoms with Gasteiger partial charge in [-0.15, -0.1) is 4.33 Å². The molecule has 0 N–H and O–H groups in total. The normalized spacial score (nSPS) is 18.2. The van der Waals surface area contributed by atoms with Crippen molar-refractivity contribution in [2.24, 2.45) is 0 Å². The van der Waals surface area contributed by atoms with E-state index >= 15 is 0 Å². The summed E-state index contributed by atoms with van der Waals surface area (Å²) < 4.78 is 31.4. The number of hydrogen-bond acceptors (Lipinski definition) is 7. The highest BCUT2D eigenvalue weighted by Gasteiger charge is 2.23. The first kappa shape index (κ1) is 31.4. The molecule has 40 heavy (non-hydrogen) atoms. The Morgan fingerprint density at radius 1 is 0.800 bits per heavy atom. The maximum absolute atomic E-state index is 13.0. The standard InChI is InChI=1S/C32H48N2O4S2/c1-3-17-33-19-13-27(14-20-33)29-9-7-11-31(25-29)37-38-39-23-5-6-24-40(35,36)32-12-8-10-30(26-32)28-15-21-34(18-4-2)22-16-28/h7-12,25-28H,3-6,13-24H2,1-2H3. The molecule has 2 aliphatic rings. The van der Waals surface area contributed by atoms with Crippen LogP contribution in [-0.4, -0.2) is 69.0 Å². The molecule has 0 aliphatic carbocycles. The van der Waals surface area contributed by atoms with Crippen LogP contribution in [0, 0.1) is 0 Å². The molecule has 0 aromatic heterocycles. The molecule has 4 rings (SSSR count). The summed E-state index contributed by atoms with van der Waals surface area (Å²) in [6.07, 6.45) is 8.32. The van der Waals surface area contributed by atoms with Crippen molar-refractivity contribution in [2.45, 2.75) is 81.9 Å². The van der Waals surface area contributed by atoms with E-state index in [1.165, 1.54) is 55.4 Å². The van der Waals surface area contributed by atoms with E-state index in [9.17, 15) is 8.42 Å². The third-order valence-electron chi connectivity index (χ3n) is 8.34. The molecule has 2 aromatic carbocycles. The van der Waals surface area contributed by atoms with E-state index in [1.807, 2.05) is 24.3 Å². The highest BCUT2D eigenvalue weighted by Crippen LogP contribution is 2.31. The van der Waals surface area contributed by atoms with Gasteiger partial charge in [0.1, 0.15) is 0 Å². The number of piperidine rings is 2. The number of benzene rings is 2. The first-order chi connectivity index (χ1) is 19.5. The lowest BCUT2D eigenvalue weighted by molar-refractivity contribution is -0.0777. The number of nitrogens with zero attached hydrogens (tertiary/aromatic N) is 2. The Bertz CT molecular complexity index is 1130. The maximum Gasteiger partial charge on any atom is 0.178 e. The van der Waals surface area contributed by atoms with Gasteiger partial charge in [0.2, 0.25) is 0 Å². The molecule has 0 atom stereocenters. The third kappa shape index (κ3) is 9.48. The molecule has 0 spiro atoms. The van der Waals surface area contributed by atoms with Gasteiger partial charge in [-0.25, -0.2) is 8.42 Å². The Morgan fingerprint density at radius 3 is 1.98 bits per heavy atom. The van der Waals surface area contributed by atoms with Gasteiger partial charge >= 0.3 is 0 Å². The summed E-state index contributed by atoms with van der Waals surface area (Å²) in [6.45, 7) is 11.3. The zero-order valence-electron chi connectivity index (χ0n) is 24.4. The summed E-state index contributed by atoms with van der Waals surface area (Å²) >= 11 is 1.24. The van der Waals surface area contributed by atoms with Crippen molar-refractivity contribution in [1.29, 1.82) is 0 Å². The van der Waals surface area contributed by atoms with E-state index in [-0.39, 0.29) is 5.75 Å². The molecule has 6 nitrogen and oxygen atoms in total. The van der Waals surface area contributed by atoms with Crippen LogP contribution >= 0.6 is 12.0 Å². The summed E-state index contributed by atoms with van der Waals surface area (Å²) in [6, 6.07) is 15.9. The van der Waals surface area contributed by atoms with Crippen LogP contribution in [0.1, 0.15) is 88.2 Å². The zero-order chi connectivity index (χ0) is 28.2. The average Bonchev–Trinajstić information content (AvgIpc) is 2.98. The number of rotatable bonds is 15. The van der Waals surface area contributed by atoms with Gasteiger partial charge in [-0.2, -0.15) is 0 Å². The van der Waals surface area contributed by atoms with E-state index < -0.39 is 9.84 Å². The van der Waals surface area contributed by atoms with E-state index in [2.05, 4.69) is 41.8 Å². The molecule has 0 radical (unpaired) electrons. The molecule has 0 amide bonds. The molecule has 2 aromatic rings. The first-order valence-electron chi connectivity index (χ1n) is 15.3. The van der Waals surface area contributed by atoms with Crippen LogP contribution in [0.2, 0.25) is 0 Å². The van der Waals surface area contributed by atoms with Crippen LogP contribution in [0.25, 0.3) is 0 Å². The first-order valence-corrected chi connectivity index (χ1v) is 17.9. The third-order valence-corrected chi connectivity index (χ3v) is 10.8. The highest BCUT2D eigenvalue weighted by atomic mass is 32.2. The van der Waals surface area contributed by atoms with Crippen molar-refractivity contribution in [2.75, 3.05) is 50.8 Å². The molecule has 0 bridgehead atoms. The summed E-state index contributed by atoms with van der Waals surface area (Å²) in [5, 5.41) is 0. The van der Waals surface area contributed by atoms with Crippen LogP contribution in [0.5, 0.6) is 5.75 Å². The fraction of sp³-hybridized carbons (Fsp3) is 0.625. The average molecular weight is 589 g/mol. The lowest BCUT2D eigenvalue weighted by Crippen LogP contribution is -2.33. The van der Waals surface area contributed by atoms with Gasteiger partial charge in [-0.05, 0) is 138 Å². The second-order valence-electron chi connectivity index (χ2n) is 11.4. The zero-order valence-corrected chi connectivity index (χ0v) is 26.1. The van der Waals surface area contributed by atoms with Crippen molar-refractivity contribution >= 4 is 21.9 Å². The summed E-state index contributed by atoms with van der Waals surface area (Å²) in [7, 11) is -3.29. The Balaban J connectivity index is 1.14. The predicted octanol–water partition coefficient (Wildman–Crippen LogP) is 7.08. The second kappa shape index (κ2) is 16.2. The van der Waals surface area contributed by atoms with Gasteiger partial charge in [0.25, 0.3) is 0 Å². The van der Waals surface area contributed by atoms with Crippen LogP contribution in [-0.2, 0) is 14.2 Å². The smallest absolute Gasteiger partial charge is 0.178 e. The van der Waals surface area contributed by atoms with Crippen molar-refractivity contribution in [1.82, 2.24) is 9.80 Å². The predicted molar refractivity (Wildman–Crippen MR) is 166 cm³/mol. The van der Waals surface area contributed by atoms with Crippen molar-refractivity contribution in [3.63, 3.8) is 0 Å². The lowest BCUT2D eigenvalue weighted by Gasteiger charge is -2.32. The van der Waals surface area contributed by atoms with Crippen molar-refractivity contribution in [3.05, 3.63) is 59.7 Å². The molecule has 2 fully saturated rings. The monoisotopic (exact) mass is 588 g/mol. The topological polar surface area (TPSA) is 59.1 Å². The van der Waals surface area contributed by atoms with Crippen LogP contribution in [0.15, 0.2) is 53.4 Å². The van der Waals surface area contributed by atoms with E-state index in [0.717, 1.165) is 57.7 Å². The quantitative estimate of drug-likeness (QED) is 0.0954. The molecule has 0 saturated carbocycles. The lowest BCUT2D eigenvalue weighted by atomic mass is 9.89. The Morgan fingerprint density at radius 2 is 1.38 bits per heavy atom. The van der Waals surface area contributed by atoms with Crippen molar-refractivity contribution < 1.29 is 17.6 Å². The van der Waals surface area contributed by atoms with Gasteiger partial charge < -0.3 is 14.7 Å². The number of unbranched alkanes of at least 4 members (excludes halogenated alkanes) is 1. The second-order valence-corrected chi connectivity index (χ2v) is 14.3. The number of hydrogen-bond donors (Lipinski definition) is 0. The molecular formula is C32H48N2O4S2. The van der Waals surface area contributed by atoms with Gasteiger partial charge in [-0.1, -0.05) is 38.1 Å². The minimum Gasteiger partial charge on any atom is -0.325 e. The molecule has 8 heteroatoms. The minimum absolute atomic E-state index is 0.159. The largest absolute Gasteiger partial charge is 0.325 e. The molecule has 2 saturated heterocycles. The SMILES string of the molecule is CCCN1CCC(c2cccc(OOSCCCCS(=O)(=O)c3cccc(C4CCN(CCC)CC4)c3)c2)CC1. The van der Waals surface area contributed by atoms with E-state index in [0.29, 0.717) is 28.9 Å². The highest BCUT2D eigenvalue weighted by molar-refractivity contribution is 7.94. The van der Waals surface area contributed by atoms with Gasteiger partial charge in [0.15, 0.2) is 15.6 Å². The fourth-order valence-corrected chi connectivity index (χ4v) is 8.00. The van der Waals surface area contributed by atoms with E-state index in [4.69, 9.17) is 9.22 Å². The Labute approximate surface area is 246 Å². The number of sulfone groups is 1. The van der Waals surface area contributed by atoms with Gasteiger partial charge in [0, 0.05) is 17.8 Å². The van der Waals surface area contributed by atoms with Gasteiger partial charge in [-0.3, -0.25) is 0 Å². The molecular weight excluding hydrogens is 540 g/mol. The summed E-state index contributed by atoms with van der Waals surface area (Å²) in [5.74, 6) is 2.59. The minimum atomic E-state index is -3.29. The van der Waals surface area contributed by atoms with Crippen molar-refractivity contribution in [3.8, 4) is 5.75 Å². The fourth-order valence-electron chi connectivity index (χ4n) is 6.06. The summed E-state index contributed by atoms with van der Waals surface area (Å²) in [4.78, 5) is 11.1. The summed E-state index contributed by atoms with van der Waals surface area (Å²) in [5.41, 5.74) is 2.49. The molecule has 2 heterocycles. The van der Waals surface area contributed by atoms with E-state index in [1.54, 1.807) is 6.07 Å². The molecule has 222 valence electrons. The molecule has 2 aliphatic heterocycles. The van der Waals surface area contributed by atoms with Gasteiger partial charge in [0.05, 0.1) is 10.6 Å². The number of likely N-dealkylation sites (tertiary alicyclic amines) is 2. The maximum atomic E-state index is 13.0. The van der Waals surface area contributed by atoms with Crippen LogP contribution in [0.3, 0.4) is 0 Å². The van der Waals surface area contributed by atoms with Crippen LogP contribution < -0.4 is 4.89 Å². The molecule has 0 unspecified atom stereocenters. The Kier molecular flexibility index (Phi) is 12.7. The Hall–Kier alpha value is -1.58. The van der Waals surface area contributed by atoms with Crippen LogP contribution in [0.4, 0.5) is 0 Å².